The van der Waals surface area contributed by atoms with E-state index in [1.165, 1.54) is 0 Å². The van der Waals surface area contributed by atoms with Crippen LogP contribution in [0.4, 0.5) is 24.8 Å². The zero-order valence-electron chi connectivity index (χ0n) is 17.5. The predicted molar refractivity (Wildman–Crippen MR) is 118 cm³/mol. The largest absolute Gasteiger partial charge is 0.493 e. The third-order valence-corrected chi connectivity index (χ3v) is 4.92. The zero-order valence-corrected chi connectivity index (χ0v) is 17.5. The van der Waals surface area contributed by atoms with Gasteiger partial charge >= 0.3 is 12.1 Å². The number of nitrogens with one attached hydrogen (secondary N) is 1. The van der Waals surface area contributed by atoms with Gasteiger partial charge in [0.25, 0.3) is 0 Å². The molecule has 0 unspecified atom stereocenters. The number of carbonyl (C=O) groups is 1. The maximum atomic E-state index is 13.1. The van der Waals surface area contributed by atoms with Gasteiger partial charge < -0.3 is 15.0 Å². The van der Waals surface area contributed by atoms with Gasteiger partial charge in [-0.05, 0) is 42.3 Å². The number of aromatic nitrogens is 2. The lowest BCUT2D eigenvalue weighted by Gasteiger charge is -2.23. The molecular formula is C24H21F3N4O2. The number of ether oxygens (including phenoxy) is 1. The maximum absolute atomic E-state index is 13.1. The van der Waals surface area contributed by atoms with Crippen LogP contribution in [0, 0.1) is 0 Å². The average molecular weight is 454 g/mol. The minimum absolute atomic E-state index is 0.170. The van der Waals surface area contributed by atoms with Gasteiger partial charge in [0.15, 0.2) is 0 Å². The van der Waals surface area contributed by atoms with Crippen molar-refractivity contribution in [3.8, 4) is 17.0 Å². The molecule has 0 aliphatic carbocycles. The summed E-state index contributed by atoms with van der Waals surface area (Å²) in [5, 5.41) is 3.08. The normalized spacial score (nSPS) is 15.4. The highest BCUT2D eigenvalue weighted by atomic mass is 19.4. The lowest BCUT2D eigenvalue weighted by molar-refractivity contribution is -0.185. The van der Waals surface area contributed by atoms with Gasteiger partial charge in [0, 0.05) is 30.5 Å². The van der Waals surface area contributed by atoms with Crippen molar-refractivity contribution in [2.75, 3.05) is 18.5 Å². The van der Waals surface area contributed by atoms with E-state index < -0.39 is 12.1 Å². The van der Waals surface area contributed by atoms with Crippen LogP contribution in [0.1, 0.15) is 12.0 Å². The third-order valence-electron chi connectivity index (χ3n) is 4.92. The molecule has 1 N–H and O–H groups in total. The first-order valence-electron chi connectivity index (χ1n) is 10.3. The van der Waals surface area contributed by atoms with Crippen molar-refractivity contribution in [1.29, 1.82) is 0 Å². The molecule has 2 aromatic carbocycles. The van der Waals surface area contributed by atoms with E-state index in [1.807, 2.05) is 24.3 Å². The van der Waals surface area contributed by atoms with Crippen molar-refractivity contribution in [2.24, 2.45) is 0 Å². The number of anilines is 2. The van der Waals surface area contributed by atoms with E-state index in [-0.39, 0.29) is 13.1 Å². The quantitative estimate of drug-likeness (QED) is 0.478. The van der Waals surface area contributed by atoms with E-state index in [2.05, 4.69) is 15.3 Å². The summed E-state index contributed by atoms with van der Waals surface area (Å²) in [6.45, 7) is -0.0252. The number of alkyl halides is 3. The molecule has 6 bridgehead atoms. The summed E-state index contributed by atoms with van der Waals surface area (Å²) < 4.78 is 45.1. The molecule has 4 rings (SSSR count). The van der Waals surface area contributed by atoms with Crippen LogP contribution in [0.3, 0.4) is 0 Å². The number of hydrogen-bond donors (Lipinski definition) is 1. The second kappa shape index (κ2) is 9.72. The van der Waals surface area contributed by atoms with Crippen molar-refractivity contribution in [2.45, 2.75) is 19.1 Å². The Morgan fingerprint density at radius 1 is 1.06 bits per heavy atom. The van der Waals surface area contributed by atoms with Crippen LogP contribution in [0.15, 0.2) is 72.9 Å². The summed E-state index contributed by atoms with van der Waals surface area (Å²) in [6.07, 6.45) is 0.402. The van der Waals surface area contributed by atoms with E-state index in [9.17, 15) is 18.0 Å². The van der Waals surface area contributed by atoms with Crippen molar-refractivity contribution >= 4 is 17.5 Å². The molecule has 0 atom stereocenters. The highest BCUT2D eigenvalue weighted by Crippen LogP contribution is 2.25. The van der Waals surface area contributed by atoms with Crippen molar-refractivity contribution < 1.29 is 22.7 Å². The molecule has 0 fully saturated rings. The van der Waals surface area contributed by atoms with Crippen LogP contribution in [-0.4, -0.2) is 40.1 Å². The Kier molecular flexibility index (Phi) is 6.58. The minimum Gasteiger partial charge on any atom is -0.493 e. The SMILES string of the molecule is O=C(N1C/C=C/CCOc2cccc(c2)-c2ccnc(n2)Nc2cccc(c2)C1)C(F)(F)F. The summed E-state index contributed by atoms with van der Waals surface area (Å²) in [4.78, 5) is 21.5. The van der Waals surface area contributed by atoms with Crippen molar-refractivity contribution in [1.82, 2.24) is 14.9 Å². The lowest BCUT2D eigenvalue weighted by Crippen LogP contribution is -2.40. The number of amides is 1. The molecule has 170 valence electrons. The highest BCUT2D eigenvalue weighted by molar-refractivity contribution is 5.82. The molecule has 3 aromatic rings. The van der Waals surface area contributed by atoms with Gasteiger partial charge in [0.2, 0.25) is 5.95 Å². The molecule has 33 heavy (non-hydrogen) atoms. The van der Waals surface area contributed by atoms with Crippen molar-refractivity contribution in [3.63, 3.8) is 0 Å². The molecule has 6 nitrogen and oxygen atoms in total. The molecule has 0 spiro atoms. The number of fused-ring (bicyclic) bond motifs is 7. The third kappa shape index (κ3) is 5.88. The number of hydrogen-bond acceptors (Lipinski definition) is 5. The summed E-state index contributed by atoms with van der Waals surface area (Å²) in [5.41, 5.74) is 2.69. The molecule has 1 aliphatic heterocycles. The maximum Gasteiger partial charge on any atom is 0.471 e. The van der Waals surface area contributed by atoms with E-state index in [1.54, 1.807) is 48.7 Å². The molecular weight excluding hydrogens is 433 g/mol. The van der Waals surface area contributed by atoms with Gasteiger partial charge in [-0.3, -0.25) is 4.79 Å². The monoisotopic (exact) mass is 454 g/mol. The van der Waals surface area contributed by atoms with E-state index in [0.29, 0.717) is 41.7 Å². The fourth-order valence-corrected chi connectivity index (χ4v) is 3.38. The number of carbonyl (C=O) groups excluding carboxylic acids is 1. The van der Waals surface area contributed by atoms with Gasteiger partial charge in [-0.2, -0.15) is 13.2 Å². The Balaban J connectivity index is 1.68. The zero-order chi connectivity index (χ0) is 23.3. The lowest BCUT2D eigenvalue weighted by atomic mass is 10.1. The van der Waals surface area contributed by atoms with Crippen LogP contribution < -0.4 is 10.1 Å². The average Bonchev–Trinajstić information content (AvgIpc) is 2.79. The summed E-state index contributed by atoms with van der Waals surface area (Å²) in [6, 6.07) is 16.0. The van der Waals surface area contributed by atoms with E-state index in [0.717, 1.165) is 10.5 Å². The van der Waals surface area contributed by atoms with Crippen LogP contribution >= 0.6 is 0 Å². The Hall–Kier alpha value is -3.88. The van der Waals surface area contributed by atoms with Crippen LogP contribution in [0.2, 0.25) is 0 Å². The molecule has 0 saturated heterocycles. The molecule has 9 heteroatoms. The Bertz CT molecular complexity index is 1160. The Morgan fingerprint density at radius 3 is 2.76 bits per heavy atom. The Morgan fingerprint density at radius 2 is 1.91 bits per heavy atom. The fourth-order valence-electron chi connectivity index (χ4n) is 3.38. The van der Waals surface area contributed by atoms with Gasteiger partial charge in [-0.15, -0.1) is 0 Å². The molecule has 1 aliphatic rings. The molecule has 1 amide bonds. The molecule has 1 aromatic heterocycles. The van der Waals surface area contributed by atoms with Gasteiger partial charge in [0.1, 0.15) is 5.75 Å². The smallest absolute Gasteiger partial charge is 0.471 e. The van der Waals surface area contributed by atoms with E-state index >= 15 is 0 Å². The van der Waals surface area contributed by atoms with Crippen LogP contribution in [-0.2, 0) is 11.3 Å². The second-order valence-electron chi connectivity index (χ2n) is 7.41. The predicted octanol–water partition coefficient (Wildman–Crippen LogP) is 5.12. The van der Waals surface area contributed by atoms with E-state index in [4.69, 9.17) is 4.74 Å². The van der Waals surface area contributed by atoms with Gasteiger partial charge in [-0.1, -0.05) is 36.4 Å². The second-order valence-corrected chi connectivity index (χ2v) is 7.41. The summed E-state index contributed by atoms with van der Waals surface area (Å²) >= 11 is 0. The Labute approximate surface area is 188 Å². The molecule has 0 radical (unpaired) electrons. The van der Waals surface area contributed by atoms with Crippen LogP contribution in [0.5, 0.6) is 5.75 Å². The minimum atomic E-state index is -4.96. The first-order chi connectivity index (χ1) is 15.9. The number of benzene rings is 2. The fraction of sp³-hybridized carbons (Fsp3) is 0.208. The van der Waals surface area contributed by atoms with Gasteiger partial charge in [0.05, 0.1) is 12.3 Å². The summed E-state index contributed by atoms with van der Waals surface area (Å²) in [7, 11) is 0. The highest BCUT2D eigenvalue weighted by Gasteiger charge is 2.42. The standard InChI is InChI=1S/C24H21F3N4O2/c25-24(26,27)22(32)31-12-2-1-3-13-33-20-9-5-7-18(15-20)21-10-11-28-23(30-21)29-19-8-4-6-17(14-19)16-31/h1-2,4-11,14-15H,3,12-13,16H2,(H,28,29,30)/b2-1+. The number of nitrogens with zero attached hydrogens (tertiary/aromatic N) is 3. The number of rotatable bonds is 0. The summed E-state index contributed by atoms with van der Waals surface area (Å²) in [5.74, 6) is -0.899. The first kappa shape index (κ1) is 22.3. The van der Waals surface area contributed by atoms with Crippen molar-refractivity contribution in [3.05, 3.63) is 78.5 Å². The number of halogens is 3. The molecule has 0 saturated carbocycles. The van der Waals surface area contributed by atoms with Crippen LogP contribution in [0.25, 0.3) is 11.3 Å². The topological polar surface area (TPSA) is 67.4 Å². The van der Waals surface area contributed by atoms with Gasteiger partial charge in [-0.25, -0.2) is 9.97 Å². The first-order valence-corrected chi connectivity index (χ1v) is 10.3. The molecule has 2 heterocycles.